The molecule has 2 N–H and O–H groups in total. The van der Waals surface area contributed by atoms with Crippen LogP contribution in [0.2, 0.25) is 0 Å². The first-order valence-electron chi connectivity index (χ1n) is 6.38. The van der Waals surface area contributed by atoms with Crippen molar-refractivity contribution in [3.8, 4) is 0 Å². The summed E-state index contributed by atoms with van der Waals surface area (Å²) in [6, 6.07) is 11.5. The lowest BCUT2D eigenvalue weighted by molar-refractivity contribution is 0.102. The number of para-hydroxylation sites is 1. The largest absolute Gasteiger partial charge is 0.438 e. The highest BCUT2D eigenvalue weighted by molar-refractivity contribution is 6.05. The number of amides is 1. The van der Waals surface area contributed by atoms with E-state index in [1.165, 1.54) is 12.1 Å². The van der Waals surface area contributed by atoms with Gasteiger partial charge in [-0.15, -0.1) is 0 Å². The van der Waals surface area contributed by atoms with E-state index in [9.17, 15) is 13.6 Å². The highest BCUT2D eigenvalue weighted by Gasteiger charge is 2.13. The van der Waals surface area contributed by atoms with E-state index in [0.29, 0.717) is 11.0 Å². The summed E-state index contributed by atoms with van der Waals surface area (Å²) in [5.41, 5.74) is 0.274. The Hall–Kier alpha value is -3.02. The van der Waals surface area contributed by atoms with Gasteiger partial charge in [-0.25, -0.2) is 8.78 Å². The Morgan fingerprint density at radius 3 is 2.59 bits per heavy atom. The molecule has 3 aromatic rings. The summed E-state index contributed by atoms with van der Waals surface area (Å²) in [6.45, 7) is 0. The van der Waals surface area contributed by atoms with E-state index >= 15 is 0 Å². The Kier molecular flexibility index (Phi) is 3.42. The molecule has 4 nitrogen and oxygen atoms in total. The maximum Gasteiger partial charge on any atom is 0.261 e. The van der Waals surface area contributed by atoms with Gasteiger partial charge in [-0.3, -0.25) is 10.2 Å². The van der Waals surface area contributed by atoms with Gasteiger partial charge >= 0.3 is 0 Å². The molecule has 0 aliphatic heterocycles. The second kappa shape index (κ2) is 5.40. The van der Waals surface area contributed by atoms with Gasteiger partial charge in [0.15, 0.2) is 11.6 Å². The molecule has 22 heavy (non-hydrogen) atoms. The van der Waals surface area contributed by atoms with Crippen LogP contribution in [0.1, 0.15) is 10.4 Å². The van der Waals surface area contributed by atoms with E-state index in [2.05, 4.69) is 5.32 Å². The van der Waals surface area contributed by atoms with Crippen molar-refractivity contribution < 1.29 is 18.0 Å². The first-order chi connectivity index (χ1) is 10.5. The average Bonchev–Trinajstić information content (AvgIpc) is 2.50. The molecule has 0 aliphatic carbocycles. The maximum atomic E-state index is 13.1. The standard InChI is InChI=1S/C16H10F2N2O2/c17-12-6-5-10(8-13(12)18)20-16(21)11-7-9-3-1-2-4-14(9)22-15(11)19/h1-8,19H,(H,20,21). The molecule has 0 spiro atoms. The Morgan fingerprint density at radius 1 is 1.05 bits per heavy atom. The zero-order valence-corrected chi connectivity index (χ0v) is 11.2. The van der Waals surface area contributed by atoms with Gasteiger partial charge in [0.2, 0.25) is 5.55 Å². The fraction of sp³-hybridized carbons (Fsp3) is 0. The van der Waals surface area contributed by atoms with Crippen LogP contribution in [0.3, 0.4) is 0 Å². The summed E-state index contributed by atoms with van der Waals surface area (Å²) in [7, 11) is 0. The Labute approximate surface area is 123 Å². The van der Waals surface area contributed by atoms with Crippen molar-refractivity contribution in [2.75, 3.05) is 5.32 Å². The van der Waals surface area contributed by atoms with Crippen LogP contribution >= 0.6 is 0 Å². The quantitative estimate of drug-likeness (QED) is 0.761. The second-order valence-electron chi connectivity index (χ2n) is 4.61. The van der Waals surface area contributed by atoms with Gasteiger partial charge in [0.25, 0.3) is 5.91 Å². The van der Waals surface area contributed by atoms with Crippen LogP contribution in [0.4, 0.5) is 14.5 Å². The minimum absolute atomic E-state index is 0.00318. The summed E-state index contributed by atoms with van der Waals surface area (Å²) in [5, 5.41) is 10.8. The van der Waals surface area contributed by atoms with E-state index in [4.69, 9.17) is 9.83 Å². The van der Waals surface area contributed by atoms with Crippen LogP contribution in [0.5, 0.6) is 0 Å². The number of carbonyl (C=O) groups excluding carboxylic acids is 1. The molecule has 3 rings (SSSR count). The summed E-state index contributed by atoms with van der Waals surface area (Å²) in [5.74, 6) is -2.70. The number of hydrogen-bond acceptors (Lipinski definition) is 3. The number of carbonyl (C=O) groups is 1. The molecule has 0 bridgehead atoms. The Bertz CT molecular complexity index is 935. The molecule has 0 aliphatic rings. The van der Waals surface area contributed by atoms with Gasteiger partial charge in [-0.2, -0.15) is 0 Å². The lowest BCUT2D eigenvalue weighted by Crippen LogP contribution is -2.20. The van der Waals surface area contributed by atoms with Crippen molar-refractivity contribution in [3.05, 3.63) is 71.3 Å². The monoisotopic (exact) mass is 300 g/mol. The normalized spacial score (nSPS) is 10.6. The third kappa shape index (κ3) is 2.58. The predicted molar refractivity (Wildman–Crippen MR) is 76.4 cm³/mol. The van der Waals surface area contributed by atoms with Gasteiger partial charge in [-0.05, 0) is 24.3 Å². The summed E-state index contributed by atoms with van der Waals surface area (Å²) in [4.78, 5) is 12.2. The molecule has 1 heterocycles. The number of halogens is 2. The highest BCUT2D eigenvalue weighted by atomic mass is 19.2. The van der Waals surface area contributed by atoms with Gasteiger partial charge in [0, 0.05) is 17.1 Å². The van der Waals surface area contributed by atoms with Gasteiger partial charge in [0.1, 0.15) is 11.1 Å². The highest BCUT2D eigenvalue weighted by Crippen LogP contribution is 2.16. The summed E-state index contributed by atoms with van der Waals surface area (Å²) >= 11 is 0. The van der Waals surface area contributed by atoms with Crippen LogP contribution in [0, 0.1) is 17.0 Å². The molecular formula is C16H10F2N2O2. The molecule has 1 amide bonds. The van der Waals surface area contributed by atoms with Gasteiger partial charge in [-0.1, -0.05) is 18.2 Å². The maximum absolute atomic E-state index is 13.1. The zero-order valence-electron chi connectivity index (χ0n) is 11.2. The van der Waals surface area contributed by atoms with Crippen molar-refractivity contribution in [1.29, 1.82) is 5.41 Å². The first-order valence-corrected chi connectivity index (χ1v) is 6.38. The Morgan fingerprint density at radius 2 is 1.82 bits per heavy atom. The number of fused-ring (bicyclic) bond motifs is 1. The summed E-state index contributed by atoms with van der Waals surface area (Å²) in [6.07, 6.45) is 0. The van der Waals surface area contributed by atoms with E-state index in [-0.39, 0.29) is 16.8 Å². The third-order valence-electron chi connectivity index (χ3n) is 3.10. The first kappa shape index (κ1) is 13.9. The van der Waals surface area contributed by atoms with E-state index < -0.39 is 17.5 Å². The van der Waals surface area contributed by atoms with Crippen LogP contribution in [0.25, 0.3) is 11.0 Å². The molecule has 0 unspecified atom stereocenters. The lowest BCUT2D eigenvalue weighted by Gasteiger charge is -2.06. The number of benzene rings is 2. The molecule has 0 saturated carbocycles. The predicted octanol–water partition coefficient (Wildman–Crippen LogP) is 3.44. The third-order valence-corrected chi connectivity index (χ3v) is 3.10. The van der Waals surface area contributed by atoms with E-state index in [0.717, 1.165) is 12.1 Å². The van der Waals surface area contributed by atoms with E-state index in [1.807, 2.05) is 0 Å². The zero-order chi connectivity index (χ0) is 15.7. The van der Waals surface area contributed by atoms with Crippen molar-refractivity contribution in [2.45, 2.75) is 0 Å². The molecule has 0 atom stereocenters. The number of hydrogen-bond donors (Lipinski definition) is 2. The van der Waals surface area contributed by atoms with Crippen LogP contribution in [-0.2, 0) is 0 Å². The molecule has 110 valence electrons. The van der Waals surface area contributed by atoms with Gasteiger partial charge < -0.3 is 9.73 Å². The molecular weight excluding hydrogens is 290 g/mol. The SMILES string of the molecule is N=c1oc2ccccc2cc1C(=O)Nc1ccc(F)c(F)c1. The second-order valence-corrected chi connectivity index (χ2v) is 4.61. The lowest BCUT2D eigenvalue weighted by atomic mass is 10.1. The fourth-order valence-electron chi connectivity index (χ4n) is 2.02. The molecule has 0 fully saturated rings. The molecule has 1 aromatic heterocycles. The minimum Gasteiger partial charge on any atom is -0.438 e. The number of rotatable bonds is 2. The number of nitrogens with one attached hydrogen (secondary N) is 2. The molecule has 2 aromatic carbocycles. The Balaban J connectivity index is 1.96. The topological polar surface area (TPSA) is 66.1 Å². The summed E-state index contributed by atoms with van der Waals surface area (Å²) < 4.78 is 31.3. The average molecular weight is 300 g/mol. The minimum atomic E-state index is -1.06. The van der Waals surface area contributed by atoms with Gasteiger partial charge in [0.05, 0.1) is 0 Å². The molecule has 0 saturated heterocycles. The fourth-order valence-corrected chi connectivity index (χ4v) is 2.02. The van der Waals surface area contributed by atoms with Crippen molar-refractivity contribution in [1.82, 2.24) is 0 Å². The van der Waals surface area contributed by atoms with Crippen LogP contribution in [0.15, 0.2) is 52.9 Å². The van der Waals surface area contributed by atoms with Crippen molar-refractivity contribution >= 4 is 22.6 Å². The van der Waals surface area contributed by atoms with E-state index in [1.54, 1.807) is 24.3 Å². The smallest absolute Gasteiger partial charge is 0.261 e. The van der Waals surface area contributed by atoms with Crippen molar-refractivity contribution in [3.63, 3.8) is 0 Å². The van der Waals surface area contributed by atoms with Crippen LogP contribution in [-0.4, -0.2) is 5.91 Å². The van der Waals surface area contributed by atoms with Crippen LogP contribution < -0.4 is 10.9 Å². The molecule has 6 heteroatoms. The number of anilines is 1. The van der Waals surface area contributed by atoms with Crippen molar-refractivity contribution in [2.24, 2.45) is 0 Å². The molecule has 0 radical (unpaired) electrons.